The molecule has 0 saturated heterocycles. The molecule has 0 radical (unpaired) electrons. The number of aryl methyl sites for hydroxylation is 1. The van der Waals surface area contributed by atoms with Crippen molar-refractivity contribution in [3.05, 3.63) is 42.4 Å². The fourth-order valence-corrected chi connectivity index (χ4v) is 2.05. The van der Waals surface area contributed by atoms with Crippen molar-refractivity contribution < 1.29 is 4.79 Å². The highest BCUT2D eigenvalue weighted by Crippen LogP contribution is 2.24. The molecule has 20 heavy (non-hydrogen) atoms. The molecular weight excluding hydrogens is 254 g/mol. The second-order valence-corrected chi connectivity index (χ2v) is 4.56. The molecule has 100 valence electrons. The number of nitrogens with one attached hydrogen (secondary N) is 1. The monoisotopic (exact) mass is 267 g/mol. The smallest absolute Gasteiger partial charge is 0.254 e. The molecule has 0 unspecified atom stereocenters. The lowest BCUT2D eigenvalue weighted by atomic mass is 10.1. The van der Waals surface area contributed by atoms with Gasteiger partial charge in [0.25, 0.3) is 5.78 Å². The van der Waals surface area contributed by atoms with Crippen molar-refractivity contribution in [1.82, 2.24) is 19.6 Å². The van der Waals surface area contributed by atoms with E-state index in [1.807, 2.05) is 35.7 Å². The van der Waals surface area contributed by atoms with Crippen LogP contribution in [0.15, 0.2) is 36.8 Å². The van der Waals surface area contributed by atoms with E-state index < -0.39 is 0 Å². The standard InChI is InChI=1S/C14H13N5O/c1-9-7-11(3-4-12(9)16-10(2)20)13-8-19-6-5-15-18-14(19)17-13/h3-8H,1-2H3,(H,16,20). The lowest BCUT2D eigenvalue weighted by Gasteiger charge is -2.07. The number of imidazole rings is 1. The number of carbonyl (C=O) groups excluding carboxylic acids is 1. The lowest BCUT2D eigenvalue weighted by molar-refractivity contribution is -0.114. The van der Waals surface area contributed by atoms with Gasteiger partial charge in [-0.2, -0.15) is 5.10 Å². The molecule has 6 heteroatoms. The number of fused-ring (bicyclic) bond motifs is 1. The Morgan fingerprint density at radius 2 is 2.20 bits per heavy atom. The molecule has 2 heterocycles. The van der Waals surface area contributed by atoms with Crippen LogP contribution >= 0.6 is 0 Å². The van der Waals surface area contributed by atoms with Gasteiger partial charge in [-0.3, -0.25) is 9.20 Å². The maximum absolute atomic E-state index is 11.1. The van der Waals surface area contributed by atoms with E-state index in [4.69, 9.17) is 0 Å². The molecule has 1 amide bonds. The highest BCUT2D eigenvalue weighted by Gasteiger charge is 2.07. The van der Waals surface area contributed by atoms with E-state index in [1.54, 1.807) is 12.4 Å². The zero-order valence-electron chi connectivity index (χ0n) is 11.2. The third-order valence-corrected chi connectivity index (χ3v) is 2.99. The van der Waals surface area contributed by atoms with Gasteiger partial charge in [-0.15, -0.1) is 5.10 Å². The van der Waals surface area contributed by atoms with Gasteiger partial charge in [-0.1, -0.05) is 6.07 Å². The van der Waals surface area contributed by atoms with Crippen LogP contribution in [0.1, 0.15) is 12.5 Å². The summed E-state index contributed by atoms with van der Waals surface area (Å²) >= 11 is 0. The third-order valence-electron chi connectivity index (χ3n) is 2.99. The molecule has 3 aromatic rings. The van der Waals surface area contributed by atoms with E-state index >= 15 is 0 Å². The molecule has 0 aliphatic carbocycles. The predicted octanol–water partition coefficient (Wildman–Crippen LogP) is 2.06. The molecule has 1 aromatic carbocycles. The number of benzene rings is 1. The second kappa shape index (κ2) is 4.73. The Labute approximate surface area is 115 Å². The largest absolute Gasteiger partial charge is 0.326 e. The molecule has 0 spiro atoms. The third kappa shape index (κ3) is 2.23. The Hall–Kier alpha value is -2.76. The van der Waals surface area contributed by atoms with Gasteiger partial charge in [0, 0.05) is 30.6 Å². The minimum atomic E-state index is -0.0798. The summed E-state index contributed by atoms with van der Waals surface area (Å²) in [6.07, 6.45) is 5.32. The zero-order valence-corrected chi connectivity index (χ0v) is 11.2. The van der Waals surface area contributed by atoms with Crippen LogP contribution in [0.4, 0.5) is 5.69 Å². The van der Waals surface area contributed by atoms with E-state index in [9.17, 15) is 4.79 Å². The maximum atomic E-state index is 11.1. The molecular formula is C14H13N5O. The van der Waals surface area contributed by atoms with Crippen LogP contribution in [0.5, 0.6) is 0 Å². The number of carbonyl (C=O) groups is 1. The van der Waals surface area contributed by atoms with Crippen molar-refractivity contribution in [3.63, 3.8) is 0 Å². The minimum absolute atomic E-state index is 0.0798. The summed E-state index contributed by atoms with van der Waals surface area (Å²) in [5, 5.41) is 10.5. The predicted molar refractivity (Wildman–Crippen MR) is 75.3 cm³/mol. The van der Waals surface area contributed by atoms with Crippen molar-refractivity contribution in [3.8, 4) is 11.3 Å². The SMILES string of the molecule is CC(=O)Nc1ccc(-c2cn3ccnnc3n2)cc1C. The molecule has 0 atom stereocenters. The van der Waals surface area contributed by atoms with Crippen LogP contribution in [0.25, 0.3) is 17.0 Å². The van der Waals surface area contributed by atoms with E-state index in [1.165, 1.54) is 6.92 Å². The highest BCUT2D eigenvalue weighted by molar-refractivity contribution is 5.90. The first kappa shape index (κ1) is 12.3. The number of hydrogen-bond donors (Lipinski definition) is 1. The first-order valence-corrected chi connectivity index (χ1v) is 6.18. The van der Waals surface area contributed by atoms with Gasteiger partial charge in [0.1, 0.15) is 0 Å². The number of anilines is 1. The number of aromatic nitrogens is 4. The normalized spacial score (nSPS) is 10.7. The van der Waals surface area contributed by atoms with Crippen molar-refractivity contribution in [2.24, 2.45) is 0 Å². The van der Waals surface area contributed by atoms with Gasteiger partial charge < -0.3 is 5.32 Å². The second-order valence-electron chi connectivity index (χ2n) is 4.56. The number of nitrogens with zero attached hydrogens (tertiary/aromatic N) is 4. The molecule has 6 nitrogen and oxygen atoms in total. The van der Waals surface area contributed by atoms with E-state index in [-0.39, 0.29) is 5.91 Å². The summed E-state index contributed by atoms with van der Waals surface area (Å²) in [6, 6.07) is 5.79. The molecule has 0 fully saturated rings. The van der Waals surface area contributed by atoms with Crippen LogP contribution in [-0.4, -0.2) is 25.5 Å². The first-order valence-electron chi connectivity index (χ1n) is 6.18. The average Bonchev–Trinajstić information content (AvgIpc) is 2.84. The quantitative estimate of drug-likeness (QED) is 0.771. The van der Waals surface area contributed by atoms with Crippen LogP contribution in [0.2, 0.25) is 0 Å². The Kier molecular flexibility index (Phi) is 2.90. The molecule has 2 aromatic heterocycles. The van der Waals surface area contributed by atoms with E-state index in [0.717, 1.165) is 22.5 Å². The fourth-order valence-electron chi connectivity index (χ4n) is 2.05. The van der Waals surface area contributed by atoms with Gasteiger partial charge in [0.15, 0.2) is 0 Å². The van der Waals surface area contributed by atoms with Gasteiger partial charge in [0.2, 0.25) is 5.91 Å². The summed E-state index contributed by atoms with van der Waals surface area (Å²) in [7, 11) is 0. The van der Waals surface area contributed by atoms with Gasteiger partial charge >= 0.3 is 0 Å². The van der Waals surface area contributed by atoms with Crippen molar-refractivity contribution >= 4 is 17.4 Å². The molecule has 0 bridgehead atoms. The highest BCUT2D eigenvalue weighted by atomic mass is 16.1. The first-order chi connectivity index (χ1) is 9.63. The molecule has 0 aliphatic heterocycles. The topological polar surface area (TPSA) is 72.2 Å². The molecule has 0 aliphatic rings. The Morgan fingerprint density at radius 3 is 2.90 bits per heavy atom. The minimum Gasteiger partial charge on any atom is -0.326 e. The van der Waals surface area contributed by atoms with Crippen molar-refractivity contribution in [2.45, 2.75) is 13.8 Å². The summed E-state index contributed by atoms with van der Waals surface area (Å²) < 4.78 is 1.82. The van der Waals surface area contributed by atoms with Crippen LogP contribution < -0.4 is 5.32 Å². The summed E-state index contributed by atoms with van der Waals surface area (Å²) in [5.74, 6) is 0.481. The number of rotatable bonds is 2. The van der Waals surface area contributed by atoms with Crippen LogP contribution in [-0.2, 0) is 4.79 Å². The maximum Gasteiger partial charge on any atom is 0.254 e. The number of hydrogen-bond acceptors (Lipinski definition) is 4. The molecule has 1 N–H and O–H groups in total. The van der Waals surface area contributed by atoms with Crippen LogP contribution in [0.3, 0.4) is 0 Å². The lowest BCUT2D eigenvalue weighted by Crippen LogP contribution is -2.06. The summed E-state index contributed by atoms with van der Waals surface area (Å²) in [5.41, 5.74) is 3.59. The fraction of sp³-hybridized carbons (Fsp3) is 0.143. The van der Waals surface area contributed by atoms with Gasteiger partial charge in [-0.25, -0.2) is 4.98 Å². The average molecular weight is 267 g/mol. The van der Waals surface area contributed by atoms with Crippen molar-refractivity contribution in [1.29, 1.82) is 0 Å². The Morgan fingerprint density at radius 1 is 1.35 bits per heavy atom. The molecule has 3 rings (SSSR count). The van der Waals surface area contributed by atoms with E-state index in [2.05, 4.69) is 20.5 Å². The van der Waals surface area contributed by atoms with Gasteiger partial charge in [-0.05, 0) is 24.6 Å². The zero-order chi connectivity index (χ0) is 14.1. The Balaban J connectivity index is 2.01. The van der Waals surface area contributed by atoms with Crippen molar-refractivity contribution in [2.75, 3.05) is 5.32 Å². The summed E-state index contributed by atoms with van der Waals surface area (Å²) in [4.78, 5) is 15.5. The van der Waals surface area contributed by atoms with E-state index in [0.29, 0.717) is 5.78 Å². The number of amides is 1. The van der Waals surface area contributed by atoms with Crippen LogP contribution in [0, 0.1) is 6.92 Å². The molecule has 0 saturated carbocycles. The Bertz CT molecular complexity index is 760. The summed E-state index contributed by atoms with van der Waals surface area (Å²) in [6.45, 7) is 3.44. The van der Waals surface area contributed by atoms with Gasteiger partial charge in [0.05, 0.1) is 11.9 Å².